The van der Waals surface area contributed by atoms with Crippen molar-refractivity contribution in [1.82, 2.24) is 0 Å². The fourth-order valence-corrected chi connectivity index (χ4v) is 13.8. The summed E-state index contributed by atoms with van der Waals surface area (Å²) in [5, 5.41) is 0. The lowest BCUT2D eigenvalue weighted by Gasteiger charge is -2.34. The Labute approximate surface area is 105 Å². The van der Waals surface area contributed by atoms with Crippen LogP contribution in [-0.4, -0.2) is 26.6 Å². The van der Waals surface area contributed by atoms with Crippen LogP contribution in [0.15, 0.2) is 0 Å². The van der Waals surface area contributed by atoms with E-state index in [1.807, 2.05) is 0 Å². The van der Waals surface area contributed by atoms with Gasteiger partial charge in [0.1, 0.15) is 0 Å². The second-order valence-electron chi connectivity index (χ2n) is 5.79. The molecule has 0 N–H and O–H groups in total. The fraction of sp³-hybridized carbons (Fsp3) is 1.00. The first kappa shape index (κ1) is 14.6. The van der Waals surface area contributed by atoms with E-state index in [1.54, 1.807) is 0 Å². The van der Waals surface area contributed by atoms with Crippen molar-refractivity contribution in [2.75, 3.05) is 0 Å². The minimum Gasteiger partial charge on any atom is -0.440 e. The maximum atomic E-state index is 6.38. The van der Waals surface area contributed by atoms with E-state index in [2.05, 4.69) is 32.7 Å². The van der Waals surface area contributed by atoms with Gasteiger partial charge in [-0.25, -0.2) is 0 Å². The van der Waals surface area contributed by atoms with Gasteiger partial charge in [0.2, 0.25) is 0 Å². The van der Waals surface area contributed by atoms with Gasteiger partial charge in [0.05, 0.1) is 0 Å². The summed E-state index contributed by atoms with van der Waals surface area (Å²) in [6.45, 7) is 11.3. The maximum absolute atomic E-state index is 6.38. The molecular weight excluding hydrogens is 248 g/mol. The van der Waals surface area contributed by atoms with Crippen molar-refractivity contribution in [3.8, 4) is 0 Å². The van der Waals surface area contributed by atoms with Gasteiger partial charge in [-0.05, 0) is 38.3 Å². The Morgan fingerprint density at radius 3 is 2.00 bits per heavy atom. The molecule has 16 heavy (non-hydrogen) atoms. The predicted molar refractivity (Wildman–Crippen MR) is 78.4 cm³/mol. The average Bonchev–Trinajstić information content (AvgIpc) is 2.16. The van der Waals surface area contributed by atoms with E-state index in [1.165, 1.54) is 32.1 Å². The van der Waals surface area contributed by atoms with E-state index >= 15 is 0 Å². The SMILES string of the molecule is C[SiH](C)O[Si](C)(C)O[SiH](C)C1CCCCC1. The molecule has 1 fully saturated rings. The third kappa shape index (κ3) is 5.27. The van der Waals surface area contributed by atoms with Crippen molar-refractivity contribution in [2.45, 2.75) is 70.4 Å². The van der Waals surface area contributed by atoms with E-state index in [0.717, 1.165) is 5.54 Å². The van der Waals surface area contributed by atoms with Gasteiger partial charge in [0.15, 0.2) is 18.1 Å². The zero-order valence-electron chi connectivity index (χ0n) is 11.6. The molecule has 0 radical (unpaired) electrons. The molecule has 1 saturated carbocycles. The molecule has 0 amide bonds. The Bertz CT molecular complexity index is 203. The van der Waals surface area contributed by atoms with E-state index in [0.29, 0.717) is 0 Å². The Kier molecular flexibility index (Phi) is 5.93. The topological polar surface area (TPSA) is 18.5 Å². The molecule has 1 aliphatic rings. The van der Waals surface area contributed by atoms with E-state index in [9.17, 15) is 0 Å². The molecule has 96 valence electrons. The molecule has 0 heterocycles. The van der Waals surface area contributed by atoms with Crippen LogP contribution in [0.2, 0.25) is 38.3 Å². The summed E-state index contributed by atoms with van der Waals surface area (Å²) in [6, 6.07) is 0. The number of rotatable bonds is 5. The molecule has 0 bridgehead atoms. The zero-order chi connectivity index (χ0) is 12.2. The van der Waals surface area contributed by atoms with Crippen molar-refractivity contribution in [2.24, 2.45) is 0 Å². The molecule has 0 aliphatic heterocycles. The van der Waals surface area contributed by atoms with Gasteiger partial charge in [-0.1, -0.05) is 32.1 Å². The molecular formula is C11H28O2Si3. The van der Waals surface area contributed by atoms with Gasteiger partial charge < -0.3 is 8.23 Å². The maximum Gasteiger partial charge on any atom is 0.310 e. The van der Waals surface area contributed by atoms with Gasteiger partial charge >= 0.3 is 8.56 Å². The first-order valence-electron chi connectivity index (χ1n) is 6.76. The second kappa shape index (κ2) is 6.49. The average molecular weight is 277 g/mol. The minimum atomic E-state index is -1.79. The number of hydrogen-bond acceptors (Lipinski definition) is 2. The largest absolute Gasteiger partial charge is 0.440 e. The summed E-state index contributed by atoms with van der Waals surface area (Å²) in [4.78, 5) is 0. The summed E-state index contributed by atoms with van der Waals surface area (Å²) < 4.78 is 12.5. The third-order valence-electron chi connectivity index (χ3n) is 3.30. The van der Waals surface area contributed by atoms with Crippen LogP contribution in [0.4, 0.5) is 0 Å². The first-order chi connectivity index (χ1) is 7.41. The van der Waals surface area contributed by atoms with Crippen LogP contribution in [0.1, 0.15) is 32.1 Å². The van der Waals surface area contributed by atoms with Crippen LogP contribution in [-0.2, 0) is 8.23 Å². The molecule has 1 unspecified atom stereocenters. The molecule has 0 aromatic carbocycles. The standard InChI is InChI=1S/C11H28O2Si3/c1-14(2)12-16(4,5)13-15(3)11-9-7-6-8-10-11/h11,14-15H,6-10H2,1-5H3. The molecule has 0 aromatic heterocycles. The Morgan fingerprint density at radius 1 is 0.938 bits per heavy atom. The molecule has 1 atom stereocenters. The molecule has 2 nitrogen and oxygen atoms in total. The quantitative estimate of drug-likeness (QED) is 0.717. The smallest absolute Gasteiger partial charge is 0.310 e. The molecule has 0 aromatic rings. The minimum absolute atomic E-state index is 0.915. The highest BCUT2D eigenvalue weighted by molar-refractivity contribution is 6.78. The zero-order valence-corrected chi connectivity index (χ0v) is 14.9. The van der Waals surface area contributed by atoms with Gasteiger partial charge in [-0.3, -0.25) is 0 Å². The van der Waals surface area contributed by atoms with Crippen LogP contribution >= 0.6 is 0 Å². The fourth-order valence-electron chi connectivity index (χ4n) is 2.74. The lowest BCUT2D eigenvalue weighted by atomic mass is 10.0. The number of hydrogen-bond donors (Lipinski definition) is 0. The first-order valence-corrected chi connectivity index (χ1v) is 14.7. The van der Waals surface area contributed by atoms with Crippen LogP contribution < -0.4 is 0 Å². The van der Waals surface area contributed by atoms with Gasteiger partial charge in [0, 0.05) is 0 Å². The summed E-state index contributed by atoms with van der Waals surface area (Å²) in [5.41, 5.74) is 0.915. The highest BCUT2D eigenvalue weighted by Gasteiger charge is 2.32. The highest BCUT2D eigenvalue weighted by atomic mass is 28.5. The summed E-state index contributed by atoms with van der Waals surface area (Å²) in [7, 11) is -3.74. The van der Waals surface area contributed by atoms with Gasteiger partial charge in [0.25, 0.3) is 0 Å². The van der Waals surface area contributed by atoms with Gasteiger partial charge in [-0.15, -0.1) is 0 Å². The molecule has 0 spiro atoms. The molecule has 1 rings (SSSR count). The van der Waals surface area contributed by atoms with Crippen LogP contribution in [0.3, 0.4) is 0 Å². The van der Waals surface area contributed by atoms with E-state index in [4.69, 9.17) is 8.23 Å². The second-order valence-corrected chi connectivity index (χ2v) is 14.9. The predicted octanol–water partition coefficient (Wildman–Crippen LogP) is 3.39. The Hall–Kier alpha value is 0.571. The summed E-state index contributed by atoms with van der Waals surface area (Å²) in [5.74, 6) is 0. The lowest BCUT2D eigenvalue weighted by Crippen LogP contribution is -2.44. The lowest BCUT2D eigenvalue weighted by molar-refractivity contribution is 0.388. The van der Waals surface area contributed by atoms with E-state index < -0.39 is 26.6 Å². The molecule has 1 aliphatic carbocycles. The molecule has 5 heteroatoms. The monoisotopic (exact) mass is 276 g/mol. The van der Waals surface area contributed by atoms with Crippen LogP contribution in [0, 0.1) is 0 Å². The van der Waals surface area contributed by atoms with Gasteiger partial charge in [-0.2, -0.15) is 0 Å². The van der Waals surface area contributed by atoms with Crippen molar-refractivity contribution in [3.05, 3.63) is 0 Å². The molecule has 0 saturated heterocycles. The van der Waals surface area contributed by atoms with Crippen LogP contribution in [0.5, 0.6) is 0 Å². The Balaban J connectivity index is 2.39. The Morgan fingerprint density at radius 2 is 1.50 bits per heavy atom. The van der Waals surface area contributed by atoms with Crippen molar-refractivity contribution >= 4 is 26.6 Å². The third-order valence-corrected chi connectivity index (χ3v) is 13.2. The summed E-state index contributed by atoms with van der Waals surface area (Å²) in [6.07, 6.45) is 7.11. The van der Waals surface area contributed by atoms with Crippen molar-refractivity contribution in [3.63, 3.8) is 0 Å². The summed E-state index contributed by atoms with van der Waals surface area (Å²) >= 11 is 0. The normalized spacial score (nSPS) is 21.4. The van der Waals surface area contributed by atoms with Crippen LogP contribution in [0.25, 0.3) is 0 Å². The van der Waals surface area contributed by atoms with Crippen molar-refractivity contribution in [1.29, 1.82) is 0 Å². The highest BCUT2D eigenvalue weighted by Crippen LogP contribution is 2.32. The van der Waals surface area contributed by atoms with Crippen molar-refractivity contribution < 1.29 is 8.23 Å². The van der Waals surface area contributed by atoms with E-state index in [-0.39, 0.29) is 0 Å².